The number of nitrogens with one attached hydrogen (secondary N) is 1. The molecule has 0 spiro atoms. The van der Waals surface area contributed by atoms with Crippen molar-refractivity contribution in [2.24, 2.45) is 7.05 Å². The minimum Gasteiger partial charge on any atom is -0.495 e. The number of nitrogen functional groups attached to an aromatic ring is 1. The molecule has 0 radical (unpaired) electrons. The number of rotatable bonds is 5. The molecule has 0 aliphatic rings. The van der Waals surface area contributed by atoms with E-state index in [-0.39, 0.29) is 10.6 Å². The summed E-state index contributed by atoms with van der Waals surface area (Å²) in [5, 5.41) is 4.20. The van der Waals surface area contributed by atoms with Crippen LogP contribution in [0.1, 0.15) is 12.6 Å². The maximum atomic E-state index is 12.5. The van der Waals surface area contributed by atoms with E-state index in [2.05, 4.69) is 9.82 Å². The second-order valence-electron chi connectivity index (χ2n) is 4.53. The lowest BCUT2D eigenvalue weighted by Crippen LogP contribution is -2.15. The van der Waals surface area contributed by atoms with Gasteiger partial charge in [-0.15, -0.1) is 0 Å². The van der Waals surface area contributed by atoms with Gasteiger partial charge in [-0.1, -0.05) is 6.92 Å². The minimum atomic E-state index is -3.81. The van der Waals surface area contributed by atoms with E-state index >= 15 is 0 Å². The van der Waals surface area contributed by atoms with Gasteiger partial charge in [0.15, 0.2) is 0 Å². The number of benzene rings is 1. The van der Waals surface area contributed by atoms with Crippen LogP contribution in [-0.4, -0.2) is 25.3 Å². The van der Waals surface area contributed by atoms with Gasteiger partial charge in [-0.2, -0.15) is 5.10 Å². The van der Waals surface area contributed by atoms with Gasteiger partial charge in [0.25, 0.3) is 10.0 Å². The van der Waals surface area contributed by atoms with Crippen molar-refractivity contribution in [3.63, 3.8) is 0 Å². The second kappa shape index (κ2) is 5.65. The molecule has 1 aromatic carbocycles. The number of ether oxygens (including phenoxy) is 1. The zero-order valence-corrected chi connectivity index (χ0v) is 12.9. The molecule has 0 fully saturated rings. The maximum Gasteiger partial charge on any atom is 0.265 e. The van der Waals surface area contributed by atoms with Crippen LogP contribution in [0.15, 0.2) is 29.3 Å². The van der Waals surface area contributed by atoms with E-state index in [1.165, 1.54) is 19.2 Å². The number of hydrogen-bond donors (Lipinski definition) is 2. The lowest BCUT2D eigenvalue weighted by atomic mass is 10.3. The largest absolute Gasteiger partial charge is 0.495 e. The standard InChI is InChI=1S/C13H18N4O3S/c1-4-10-11(8-17(2)15-10)16-21(18,19)13-7-9(14)5-6-12(13)20-3/h5-8,16H,4,14H2,1-3H3. The normalized spacial score (nSPS) is 11.4. The van der Waals surface area contributed by atoms with Crippen LogP contribution in [0.2, 0.25) is 0 Å². The van der Waals surface area contributed by atoms with Gasteiger partial charge in [-0.25, -0.2) is 8.42 Å². The quantitative estimate of drug-likeness (QED) is 0.813. The molecule has 21 heavy (non-hydrogen) atoms. The third-order valence-corrected chi connectivity index (χ3v) is 4.35. The van der Waals surface area contributed by atoms with Crippen LogP contribution < -0.4 is 15.2 Å². The Morgan fingerprint density at radius 2 is 2.14 bits per heavy atom. The van der Waals surface area contributed by atoms with E-state index in [0.717, 1.165) is 0 Å². The Labute approximate surface area is 123 Å². The highest BCUT2D eigenvalue weighted by atomic mass is 32.2. The molecular formula is C13H18N4O3S. The van der Waals surface area contributed by atoms with Gasteiger partial charge in [0.2, 0.25) is 0 Å². The lowest BCUT2D eigenvalue weighted by Gasteiger charge is -2.11. The first-order valence-corrected chi connectivity index (χ1v) is 7.84. The molecule has 3 N–H and O–H groups in total. The summed E-state index contributed by atoms with van der Waals surface area (Å²) in [6.07, 6.45) is 2.24. The molecule has 0 saturated heterocycles. The van der Waals surface area contributed by atoms with Crippen molar-refractivity contribution < 1.29 is 13.2 Å². The molecule has 0 amide bonds. The highest BCUT2D eigenvalue weighted by Gasteiger charge is 2.22. The summed E-state index contributed by atoms with van der Waals surface area (Å²) in [5.74, 6) is 0.235. The predicted molar refractivity (Wildman–Crippen MR) is 80.8 cm³/mol. The van der Waals surface area contributed by atoms with Crippen LogP contribution >= 0.6 is 0 Å². The Kier molecular flexibility index (Phi) is 4.08. The Bertz CT molecular complexity index is 753. The van der Waals surface area contributed by atoms with E-state index < -0.39 is 10.0 Å². The monoisotopic (exact) mass is 310 g/mol. The summed E-state index contributed by atoms with van der Waals surface area (Å²) in [5.41, 5.74) is 7.13. The summed E-state index contributed by atoms with van der Waals surface area (Å²) >= 11 is 0. The zero-order chi connectivity index (χ0) is 15.6. The molecule has 1 heterocycles. The third kappa shape index (κ3) is 3.10. The number of sulfonamides is 1. The van der Waals surface area contributed by atoms with Crippen LogP contribution in [0.25, 0.3) is 0 Å². The van der Waals surface area contributed by atoms with E-state index in [9.17, 15) is 8.42 Å². The van der Waals surface area contributed by atoms with Crippen LogP contribution in [0.5, 0.6) is 5.75 Å². The fourth-order valence-corrected chi connectivity index (χ4v) is 3.26. The maximum absolute atomic E-state index is 12.5. The minimum absolute atomic E-state index is 0.00379. The van der Waals surface area contributed by atoms with E-state index in [0.29, 0.717) is 23.5 Å². The Balaban J connectivity index is 2.45. The van der Waals surface area contributed by atoms with Gasteiger partial charge in [-0.05, 0) is 24.6 Å². The second-order valence-corrected chi connectivity index (χ2v) is 6.18. The van der Waals surface area contributed by atoms with Gasteiger partial charge in [0, 0.05) is 18.9 Å². The average Bonchev–Trinajstić information content (AvgIpc) is 2.78. The molecule has 1 aromatic heterocycles. The van der Waals surface area contributed by atoms with Crippen LogP contribution in [0, 0.1) is 0 Å². The van der Waals surface area contributed by atoms with Gasteiger partial charge in [0.05, 0.1) is 18.5 Å². The number of nitrogens with two attached hydrogens (primary N) is 1. The lowest BCUT2D eigenvalue weighted by molar-refractivity contribution is 0.403. The molecule has 2 aromatic rings. The molecular weight excluding hydrogens is 292 g/mol. The van der Waals surface area contributed by atoms with E-state index in [1.807, 2.05) is 6.92 Å². The first-order valence-electron chi connectivity index (χ1n) is 6.36. The summed E-state index contributed by atoms with van der Waals surface area (Å²) in [6.45, 7) is 1.90. The average molecular weight is 310 g/mol. The molecule has 0 saturated carbocycles. The smallest absolute Gasteiger partial charge is 0.265 e. The van der Waals surface area contributed by atoms with Crippen LogP contribution in [0.3, 0.4) is 0 Å². The topological polar surface area (TPSA) is 99.2 Å². The number of methoxy groups -OCH3 is 1. The summed E-state index contributed by atoms with van der Waals surface area (Å²) in [6, 6.07) is 4.47. The van der Waals surface area contributed by atoms with Crippen molar-refractivity contribution in [2.45, 2.75) is 18.2 Å². The zero-order valence-electron chi connectivity index (χ0n) is 12.1. The van der Waals surface area contributed by atoms with Crippen molar-refractivity contribution in [3.05, 3.63) is 30.1 Å². The molecule has 8 heteroatoms. The molecule has 114 valence electrons. The first-order chi connectivity index (χ1) is 9.87. The van der Waals surface area contributed by atoms with E-state index in [1.54, 1.807) is 24.0 Å². The molecule has 7 nitrogen and oxygen atoms in total. The summed E-state index contributed by atoms with van der Waals surface area (Å²) in [4.78, 5) is -0.00379. The molecule has 0 unspecified atom stereocenters. The SMILES string of the molecule is CCc1nn(C)cc1NS(=O)(=O)c1cc(N)ccc1OC. The molecule has 0 aliphatic carbocycles. The molecule has 0 bridgehead atoms. The fraction of sp³-hybridized carbons (Fsp3) is 0.308. The molecule has 0 atom stereocenters. The first kappa shape index (κ1) is 15.2. The van der Waals surface area contributed by atoms with Gasteiger partial charge >= 0.3 is 0 Å². The van der Waals surface area contributed by atoms with Crippen LogP contribution in [-0.2, 0) is 23.5 Å². The van der Waals surface area contributed by atoms with Gasteiger partial charge in [-0.3, -0.25) is 9.40 Å². The molecule has 0 aliphatic heterocycles. The van der Waals surface area contributed by atoms with Crippen LogP contribution in [0.4, 0.5) is 11.4 Å². The Morgan fingerprint density at radius 3 is 2.76 bits per heavy atom. The molecule has 2 rings (SSSR count). The van der Waals surface area contributed by atoms with Gasteiger partial charge in [0.1, 0.15) is 10.6 Å². The van der Waals surface area contributed by atoms with Crippen molar-refractivity contribution in [2.75, 3.05) is 17.6 Å². The third-order valence-electron chi connectivity index (χ3n) is 2.96. The number of aryl methyl sites for hydroxylation is 2. The summed E-state index contributed by atoms with van der Waals surface area (Å²) < 4.78 is 34.2. The predicted octanol–water partition coefficient (Wildman–Crippen LogP) is 1.37. The van der Waals surface area contributed by atoms with Crippen molar-refractivity contribution >= 4 is 21.4 Å². The van der Waals surface area contributed by atoms with Gasteiger partial charge < -0.3 is 10.5 Å². The number of nitrogens with zero attached hydrogens (tertiary/aromatic N) is 2. The van der Waals surface area contributed by atoms with Crippen molar-refractivity contribution in [3.8, 4) is 5.75 Å². The van der Waals surface area contributed by atoms with E-state index in [4.69, 9.17) is 10.5 Å². The highest BCUT2D eigenvalue weighted by molar-refractivity contribution is 7.92. The number of hydrogen-bond acceptors (Lipinski definition) is 5. The Hall–Kier alpha value is -2.22. The number of aromatic nitrogens is 2. The van der Waals surface area contributed by atoms with Crippen molar-refractivity contribution in [1.82, 2.24) is 9.78 Å². The number of anilines is 2. The Morgan fingerprint density at radius 1 is 1.43 bits per heavy atom. The highest BCUT2D eigenvalue weighted by Crippen LogP contribution is 2.28. The van der Waals surface area contributed by atoms with Crippen molar-refractivity contribution in [1.29, 1.82) is 0 Å². The summed E-state index contributed by atoms with van der Waals surface area (Å²) in [7, 11) is -0.663. The fourth-order valence-electron chi connectivity index (χ4n) is 1.98.